The van der Waals surface area contributed by atoms with Gasteiger partial charge in [-0.15, -0.1) is 0 Å². The summed E-state index contributed by atoms with van der Waals surface area (Å²) >= 11 is 0. The normalized spacial score (nSPS) is 20.6. The highest BCUT2D eigenvalue weighted by atomic mass is 16.5. The number of hydrogen-bond donors (Lipinski definition) is 3. The van der Waals surface area contributed by atoms with Crippen LogP contribution in [-0.4, -0.2) is 84.9 Å². The Morgan fingerprint density at radius 2 is 1.82 bits per heavy atom. The van der Waals surface area contributed by atoms with E-state index < -0.39 is 12.1 Å². The molecule has 1 fully saturated rings. The van der Waals surface area contributed by atoms with Crippen LogP contribution in [-0.2, 0) is 9.53 Å². The van der Waals surface area contributed by atoms with E-state index in [1.165, 1.54) is 0 Å². The number of rotatable bonds is 7. The lowest BCUT2D eigenvalue weighted by molar-refractivity contribution is -0.122. The molecule has 10 heteroatoms. The van der Waals surface area contributed by atoms with E-state index >= 15 is 0 Å². The highest BCUT2D eigenvalue weighted by Crippen LogP contribution is 2.35. The molecule has 0 radical (unpaired) electrons. The van der Waals surface area contributed by atoms with E-state index in [1.54, 1.807) is 42.0 Å². The van der Waals surface area contributed by atoms with Crippen LogP contribution in [0.5, 0.6) is 5.75 Å². The summed E-state index contributed by atoms with van der Waals surface area (Å²) in [5, 5.41) is 15.7. The fourth-order valence-electron chi connectivity index (χ4n) is 4.85. The molecule has 3 atom stereocenters. The maximum absolute atomic E-state index is 13.6. The summed E-state index contributed by atoms with van der Waals surface area (Å²) in [6, 6.07) is 13.6. The van der Waals surface area contributed by atoms with Crippen LogP contribution in [0.15, 0.2) is 48.5 Å². The number of ether oxygens (including phenoxy) is 2. The number of urea groups is 1. The molecule has 0 aliphatic carbocycles. The summed E-state index contributed by atoms with van der Waals surface area (Å²) in [4.78, 5) is 42.8. The summed E-state index contributed by atoms with van der Waals surface area (Å²) in [5.41, 5.74) is 1.38. The summed E-state index contributed by atoms with van der Waals surface area (Å²) < 4.78 is 11.9. The lowest BCUT2D eigenvalue weighted by atomic mass is 9.98. The van der Waals surface area contributed by atoms with Crippen molar-refractivity contribution in [2.75, 3.05) is 50.6 Å². The fraction of sp³-hybridized carbons (Fsp3) is 0.483. The van der Waals surface area contributed by atoms with Gasteiger partial charge >= 0.3 is 6.03 Å². The molecule has 2 aliphatic heterocycles. The molecule has 2 aliphatic rings. The first-order valence-electron chi connectivity index (χ1n) is 13.5. The molecule has 39 heavy (non-hydrogen) atoms. The zero-order chi connectivity index (χ0) is 27.9. The van der Waals surface area contributed by atoms with Crippen LogP contribution in [0.25, 0.3) is 0 Å². The molecule has 3 N–H and O–H groups in total. The van der Waals surface area contributed by atoms with Gasteiger partial charge in [0.2, 0.25) is 5.91 Å². The first kappa shape index (κ1) is 28.4. The summed E-state index contributed by atoms with van der Waals surface area (Å²) in [5.74, 6) is -0.537. The molecule has 0 unspecified atom stereocenters. The number of nitrogens with one attached hydrogen (secondary N) is 2. The zero-order valence-corrected chi connectivity index (χ0v) is 22.8. The topological polar surface area (TPSA) is 120 Å². The van der Waals surface area contributed by atoms with Crippen LogP contribution in [0, 0.1) is 11.8 Å². The molecule has 4 rings (SSSR count). The van der Waals surface area contributed by atoms with E-state index in [0.717, 1.165) is 0 Å². The van der Waals surface area contributed by atoms with Gasteiger partial charge in [0.25, 0.3) is 5.91 Å². The molecule has 0 saturated carbocycles. The Hall–Kier alpha value is -3.63. The number of likely N-dealkylation sites (N-methyl/N-ethyl adjacent to an activating group) is 1. The Morgan fingerprint density at radius 3 is 2.51 bits per heavy atom. The standard InChI is InChI=1S/C29H38N4O6/c1-19-16-33(20(2)18-34)28(36)23-10-7-11-24(31-27(35)21-12-14-38-15-13-21)26(23)39-25(19)17-32(3)29(37)30-22-8-5-4-6-9-22/h4-11,19-21,25,34H,12-18H2,1-3H3,(H,30,37)(H,31,35)/t19-,20+,25+/m0/s1. The van der Waals surface area contributed by atoms with E-state index in [2.05, 4.69) is 10.6 Å². The Morgan fingerprint density at radius 1 is 1.10 bits per heavy atom. The van der Waals surface area contributed by atoms with Gasteiger partial charge in [-0.1, -0.05) is 31.2 Å². The molecular formula is C29H38N4O6. The van der Waals surface area contributed by atoms with E-state index in [-0.39, 0.29) is 48.6 Å². The third-order valence-electron chi connectivity index (χ3n) is 7.37. The third kappa shape index (κ3) is 6.88. The zero-order valence-electron chi connectivity index (χ0n) is 22.8. The third-order valence-corrected chi connectivity index (χ3v) is 7.37. The van der Waals surface area contributed by atoms with Gasteiger partial charge in [-0.2, -0.15) is 0 Å². The summed E-state index contributed by atoms with van der Waals surface area (Å²) in [6.45, 7) is 5.17. The van der Waals surface area contributed by atoms with Crippen molar-refractivity contribution >= 4 is 29.2 Å². The molecule has 2 aromatic carbocycles. The minimum absolute atomic E-state index is 0.144. The van der Waals surface area contributed by atoms with Gasteiger partial charge in [0.15, 0.2) is 5.75 Å². The number of anilines is 2. The highest BCUT2D eigenvalue weighted by Gasteiger charge is 2.35. The van der Waals surface area contributed by atoms with Crippen molar-refractivity contribution in [2.24, 2.45) is 11.8 Å². The van der Waals surface area contributed by atoms with Crippen molar-refractivity contribution < 1.29 is 29.0 Å². The number of nitrogens with zero attached hydrogens (tertiary/aromatic N) is 2. The minimum atomic E-state index is -0.502. The van der Waals surface area contributed by atoms with Crippen LogP contribution in [0.4, 0.5) is 16.2 Å². The Labute approximate surface area is 229 Å². The lowest BCUT2D eigenvalue weighted by Gasteiger charge is -2.38. The Kier molecular flexibility index (Phi) is 9.42. The van der Waals surface area contributed by atoms with Crippen LogP contribution < -0.4 is 15.4 Å². The van der Waals surface area contributed by atoms with Gasteiger partial charge in [-0.05, 0) is 44.0 Å². The number of fused-ring (bicyclic) bond motifs is 1. The largest absolute Gasteiger partial charge is 0.485 e. The van der Waals surface area contributed by atoms with Crippen LogP contribution in [0.3, 0.4) is 0 Å². The number of hydrogen-bond acceptors (Lipinski definition) is 6. The minimum Gasteiger partial charge on any atom is -0.485 e. The first-order chi connectivity index (χ1) is 18.8. The maximum Gasteiger partial charge on any atom is 0.321 e. The predicted molar refractivity (Wildman–Crippen MR) is 148 cm³/mol. The molecule has 1 saturated heterocycles. The number of aliphatic hydroxyl groups is 1. The van der Waals surface area contributed by atoms with Crippen molar-refractivity contribution in [2.45, 2.75) is 38.8 Å². The number of para-hydroxylation sites is 2. The maximum atomic E-state index is 13.6. The molecule has 4 amide bonds. The van der Waals surface area contributed by atoms with Crippen molar-refractivity contribution in [3.63, 3.8) is 0 Å². The van der Waals surface area contributed by atoms with E-state index in [0.29, 0.717) is 49.5 Å². The van der Waals surface area contributed by atoms with Gasteiger partial charge in [0.1, 0.15) is 6.10 Å². The Bertz CT molecular complexity index is 1150. The monoisotopic (exact) mass is 538 g/mol. The number of aliphatic hydroxyl groups excluding tert-OH is 1. The second-order valence-corrected chi connectivity index (χ2v) is 10.4. The first-order valence-corrected chi connectivity index (χ1v) is 13.5. The average Bonchev–Trinajstić information content (AvgIpc) is 2.95. The predicted octanol–water partition coefficient (Wildman–Crippen LogP) is 3.44. The molecule has 210 valence electrons. The van der Waals surface area contributed by atoms with E-state index in [9.17, 15) is 19.5 Å². The number of benzene rings is 2. The molecule has 2 aromatic rings. The highest BCUT2D eigenvalue weighted by molar-refractivity contribution is 6.02. The number of carbonyl (C=O) groups is 3. The molecular weight excluding hydrogens is 500 g/mol. The quantitative estimate of drug-likeness (QED) is 0.497. The van der Waals surface area contributed by atoms with Crippen molar-refractivity contribution in [3.8, 4) is 5.75 Å². The Balaban J connectivity index is 1.62. The summed E-state index contributed by atoms with van der Waals surface area (Å²) in [6.07, 6.45) is 0.755. The summed E-state index contributed by atoms with van der Waals surface area (Å²) in [7, 11) is 1.69. The second-order valence-electron chi connectivity index (χ2n) is 10.4. The van der Waals surface area contributed by atoms with Crippen LogP contribution in [0.1, 0.15) is 37.0 Å². The van der Waals surface area contributed by atoms with Gasteiger partial charge in [0, 0.05) is 44.3 Å². The lowest BCUT2D eigenvalue weighted by Crippen LogP contribution is -2.50. The number of carbonyl (C=O) groups excluding carboxylic acids is 3. The molecule has 0 spiro atoms. The van der Waals surface area contributed by atoms with Gasteiger partial charge < -0.3 is 35.0 Å². The molecule has 10 nitrogen and oxygen atoms in total. The van der Waals surface area contributed by atoms with Gasteiger partial charge in [0.05, 0.1) is 30.4 Å². The SMILES string of the molecule is C[C@H](CO)N1C[C@H](C)[C@@H](CN(C)C(=O)Nc2ccccc2)Oc2c(NC(=O)C3CCOCC3)cccc2C1=O. The molecule has 0 bridgehead atoms. The van der Waals surface area contributed by atoms with Crippen molar-refractivity contribution in [1.29, 1.82) is 0 Å². The smallest absolute Gasteiger partial charge is 0.321 e. The van der Waals surface area contributed by atoms with Crippen molar-refractivity contribution in [1.82, 2.24) is 9.80 Å². The average molecular weight is 539 g/mol. The second kappa shape index (κ2) is 12.9. The van der Waals surface area contributed by atoms with Crippen molar-refractivity contribution in [3.05, 3.63) is 54.1 Å². The van der Waals surface area contributed by atoms with Crippen LogP contribution in [0.2, 0.25) is 0 Å². The van der Waals surface area contributed by atoms with Gasteiger partial charge in [-0.25, -0.2) is 4.79 Å². The van der Waals surface area contributed by atoms with E-state index in [1.807, 2.05) is 37.3 Å². The number of amides is 4. The fourth-order valence-corrected chi connectivity index (χ4v) is 4.85. The van der Waals surface area contributed by atoms with E-state index in [4.69, 9.17) is 9.47 Å². The van der Waals surface area contributed by atoms with Gasteiger partial charge in [-0.3, -0.25) is 9.59 Å². The molecule has 2 heterocycles. The molecule has 0 aromatic heterocycles. The van der Waals surface area contributed by atoms with Crippen LogP contribution >= 0.6 is 0 Å².